The Balaban J connectivity index is 1.99. The second kappa shape index (κ2) is 5.17. The van der Waals surface area contributed by atoms with E-state index in [9.17, 15) is 18.8 Å². The lowest BCUT2D eigenvalue weighted by molar-refractivity contribution is -0.163. The van der Waals surface area contributed by atoms with Crippen LogP contribution in [-0.2, 0) is 4.79 Å². The predicted octanol–water partition coefficient (Wildman–Crippen LogP) is 3.38. The van der Waals surface area contributed by atoms with Crippen molar-refractivity contribution in [3.8, 4) is 6.07 Å². The highest BCUT2D eigenvalue weighted by atomic mass is 32.2. The number of nitrogens with zero attached hydrogens (tertiary/aromatic N) is 3. The van der Waals surface area contributed by atoms with Crippen molar-refractivity contribution >= 4 is 17.7 Å². The van der Waals surface area contributed by atoms with Crippen LogP contribution in [-0.4, -0.2) is 33.5 Å². The molecule has 0 spiro atoms. The first-order chi connectivity index (χ1) is 10.7. The zero-order valence-electron chi connectivity index (χ0n) is 13.1. The first-order valence-corrected chi connectivity index (χ1v) is 8.28. The number of nitriles is 1. The molecule has 1 aromatic rings. The van der Waals surface area contributed by atoms with Crippen LogP contribution in [0.3, 0.4) is 0 Å². The zero-order chi connectivity index (χ0) is 17.0. The lowest BCUT2D eigenvalue weighted by atomic mass is 9.84. The molecule has 0 radical (unpaired) electrons. The summed E-state index contributed by atoms with van der Waals surface area (Å²) in [5.41, 5.74) is -0.488. The average molecular weight is 337 g/mol. The number of amides is 1. The highest BCUT2D eigenvalue weighted by Gasteiger charge is 2.53. The Morgan fingerprint density at radius 3 is 2.74 bits per heavy atom. The Bertz CT molecular complexity index is 708. The standard InChI is InChI=1S/C16H17F2N3OS/c1-15(2,16(3,17)18)14(22)21-8-10-4-12(21)11-7-20-6-9(5-19)13(11)23-10/h6-7,10,12H,4,8H2,1-3H3/t10-,12-/m0/s1. The lowest BCUT2D eigenvalue weighted by Crippen LogP contribution is -2.49. The van der Waals surface area contributed by atoms with Gasteiger partial charge in [0.15, 0.2) is 0 Å². The van der Waals surface area contributed by atoms with Crippen molar-refractivity contribution in [1.29, 1.82) is 5.26 Å². The maximum absolute atomic E-state index is 13.9. The highest BCUT2D eigenvalue weighted by Crippen LogP contribution is 2.51. The number of alkyl halides is 2. The van der Waals surface area contributed by atoms with Crippen LogP contribution in [0.1, 0.15) is 44.4 Å². The molecule has 0 aromatic carbocycles. The van der Waals surface area contributed by atoms with Gasteiger partial charge in [0, 0.05) is 41.6 Å². The Morgan fingerprint density at radius 1 is 1.43 bits per heavy atom. The molecule has 2 aliphatic rings. The molecule has 2 aliphatic heterocycles. The maximum atomic E-state index is 13.9. The van der Waals surface area contributed by atoms with Gasteiger partial charge in [-0.1, -0.05) is 0 Å². The summed E-state index contributed by atoms with van der Waals surface area (Å²) >= 11 is 1.55. The van der Waals surface area contributed by atoms with Crippen LogP contribution in [0.15, 0.2) is 17.3 Å². The molecule has 0 N–H and O–H groups in total. The number of hydrogen-bond acceptors (Lipinski definition) is 4. The first kappa shape index (κ1) is 16.2. The number of carbonyl (C=O) groups excluding carboxylic acids is 1. The molecule has 1 amide bonds. The van der Waals surface area contributed by atoms with Crippen molar-refractivity contribution in [2.75, 3.05) is 6.54 Å². The fourth-order valence-corrected chi connectivity index (χ4v) is 4.43. The van der Waals surface area contributed by atoms with Crippen LogP contribution >= 0.6 is 11.8 Å². The van der Waals surface area contributed by atoms with Gasteiger partial charge in [-0.15, -0.1) is 11.8 Å². The molecule has 1 fully saturated rings. The number of hydrogen-bond donors (Lipinski definition) is 0. The lowest BCUT2D eigenvalue weighted by Gasteiger charge is -2.36. The molecule has 7 heteroatoms. The van der Waals surface area contributed by atoms with Gasteiger partial charge in [-0.3, -0.25) is 9.78 Å². The Labute approximate surface area is 137 Å². The topological polar surface area (TPSA) is 57.0 Å². The number of carbonyl (C=O) groups is 1. The number of likely N-dealkylation sites (tertiary alicyclic amines) is 1. The van der Waals surface area contributed by atoms with Crippen LogP contribution in [0, 0.1) is 16.7 Å². The zero-order valence-corrected chi connectivity index (χ0v) is 14.0. The third-order valence-corrected chi connectivity index (χ3v) is 6.21. The molecule has 23 heavy (non-hydrogen) atoms. The van der Waals surface area contributed by atoms with Crippen molar-refractivity contribution in [3.05, 3.63) is 23.5 Å². The summed E-state index contributed by atoms with van der Waals surface area (Å²) in [7, 11) is 0. The van der Waals surface area contributed by atoms with Crippen molar-refractivity contribution in [2.24, 2.45) is 5.41 Å². The molecule has 0 aliphatic carbocycles. The van der Waals surface area contributed by atoms with Gasteiger partial charge >= 0.3 is 0 Å². The molecule has 3 heterocycles. The van der Waals surface area contributed by atoms with E-state index in [1.165, 1.54) is 20.0 Å². The van der Waals surface area contributed by atoms with Crippen LogP contribution in [0.5, 0.6) is 0 Å². The third kappa shape index (κ3) is 2.40. The Hall–Kier alpha value is -1.68. The van der Waals surface area contributed by atoms with Crippen molar-refractivity contribution < 1.29 is 13.6 Å². The largest absolute Gasteiger partial charge is 0.334 e. The van der Waals surface area contributed by atoms with Crippen molar-refractivity contribution in [2.45, 2.75) is 49.3 Å². The van der Waals surface area contributed by atoms with Gasteiger partial charge in [-0.05, 0) is 20.3 Å². The van der Waals surface area contributed by atoms with Crippen LogP contribution in [0.25, 0.3) is 0 Å². The number of thioether (sulfide) groups is 1. The van der Waals surface area contributed by atoms with E-state index in [-0.39, 0.29) is 11.3 Å². The first-order valence-electron chi connectivity index (χ1n) is 7.40. The van der Waals surface area contributed by atoms with Crippen LogP contribution in [0.4, 0.5) is 8.78 Å². The monoisotopic (exact) mass is 337 g/mol. The minimum Gasteiger partial charge on any atom is -0.334 e. The summed E-state index contributed by atoms with van der Waals surface area (Å²) in [5, 5.41) is 9.35. The maximum Gasteiger partial charge on any atom is 0.259 e. The summed E-state index contributed by atoms with van der Waals surface area (Å²) < 4.78 is 27.7. The van der Waals surface area contributed by atoms with E-state index in [4.69, 9.17) is 0 Å². The normalized spacial score (nSPS) is 23.4. The van der Waals surface area contributed by atoms with Gasteiger partial charge in [-0.25, -0.2) is 8.78 Å². The highest BCUT2D eigenvalue weighted by molar-refractivity contribution is 8.00. The Kier molecular flexibility index (Phi) is 3.64. The molecule has 2 atom stereocenters. The fraction of sp³-hybridized carbons (Fsp3) is 0.562. The second-order valence-corrected chi connectivity index (χ2v) is 7.99. The minimum absolute atomic E-state index is 0.132. The summed E-state index contributed by atoms with van der Waals surface area (Å²) in [5.74, 6) is -3.66. The molecule has 1 aromatic heterocycles. The molecule has 0 saturated carbocycles. The SMILES string of the molecule is CC(F)(F)C(C)(C)C(=O)N1C[C@@H]2C[C@H]1c1cncc(C#N)c1S2. The molecule has 0 unspecified atom stereocenters. The number of pyridine rings is 1. The van der Waals surface area contributed by atoms with Gasteiger partial charge in [0.25, 0.3) is 5.92 Å². The number of rotatable bonds is 2. The minimum atomic E-state index is -3.11. The number of fused-ring (bicyclic) bond motifs is 4. The second-order valence-electron chi connectivity index (χ2n) is 6.68. The summed E-state index contributed by atoms with van der Waals surface area (Å²) in [6, 6.07) is 1.84. The Morgan fingerprint density at radius 2 is 2.13 bits per heavy atom. The van der Waals surface area contributed by atoms with Gasteiger partial charge in [0.05, 0.1) is 11.6 Å². The smallest absolute Gasteiger partial charge is 0.259 e. The molecule has 4 nitrogen and oxygen atoms in total. The van der Waals surface area contributed by atoms with Crippen molar-refractivity contribution in [3.63, 3.8) is 0 Å². The molecule has 2 bridgehead atoms. The molecular formula is C16H17F2N3OS. The van der Waals surface area contributed by atoms with E-state index in [1.807, 2.05) is 0 Å². The van der Waals surface area contributed by atoms with Crippen LogP contribution < -0.4 is 0 Å². The van der Waals surface area contributed by atoms with E-state index < -0.39 is 17.2 Å². The van der Waals surface area contributed by atoms with Gasteiger partial charge < -0.3 is 4.90 Å². The summed E-state index contributed by atoms with van der Waals surface area (Å²) in [6.45, 7) is 3.78. The van der Waals surface area contributed by atoms with Gasteiger partial charge in [0.2, 0.25) is 5.91 Å². The van der Waals surface area contributed by atoms with Gasteiger partial charge in [-0.2, -0.15) is 5.26 Å². The number of aromatic nitrogens is 1. The predicted molar refractivity (Wildman–Crippen MR) is 82.1 cm³/mol. The van der Waals surface area contributed by atoms with E-state index in [1.54, 1.807) is 22.9 Å². The van der Waals surface area contributed by atoms with E-state index in [0.29, 0.717) is 18.5 Å². The fourth-order valence-electron chi connectivity index (χ4n) is 3.03. The molecule has 3 rings (SSSR count). The van der Waals surface area contributed by atoms with Crippen molar-refractivity contribution in [1.82, 2.24) is 9.88 Å². The number of halogens is 2. The summed E-state index contributed by atoms with van der Waals surface area (Å²) in [4.78, 5) is 19.2. The molecular weight excluding hydrogens is 320 g/mol. The van der Waals surface area contributed by atoms with Gasteiger partial charge in [0.1, 0.15) is 11.5 Å². The average Bonchev–Trinajstić information content (AvgIpc) is 2.82. The molecule has 1 saturated heterocycles. The van der Waals surface area contributed by atoms with E-state index >= 15 is 0 Å². The molecule has 122 valence electrons. The van der Waals surface area contributed by atoms with E-state index in [2.05, 4.69) is 11.1 Å². The third-order valence-electron chi connectivity index (χ3n) is 4.84. The summed E-state index contributed by atoms with van der Waals surface area (Å²) in [6.07, 6.45) is 3.87. The quantitative estimate of drug-likeness (QED) is 0.830. The van der Waals surface area contributed by atoms with E-state index in [0.717, 1.165) is 17.4 Å². The van der Waals surface area contributed by atoms with Crippen LogP contribution in [0.2, 0.25) is 0 Å².